The van der Waals surface area contributed by atoms with Crippen molar-refractivity contribution in [2.24, 2.45) is 0 Å². The molecule has 7 heteroatoms. The Hall–Kier alpha value is -1.18. The van der Waals surface area contributed by atoms with E-state index in [0.29, 0.717) is 31.9 Å². The molecule has 118 valence electrons. The molecule has 6 nitrogen and oxygen atoms in total. The summed E-state index contributed by atoms with van der Waals surface area (Å²) in [5.74, 6) is 0. The van der Waals surface area contributed by atoms with Gasteiger partial charge in [0, 0.05) is 38.6 Å². The highest BCUT2D eigenvalue weighted by Gasteiger charge is 2.32. The molecule has 2 rings (SSSR count). The number of anilines is 1. The smallest absolute Gasteiger partial charge is 0.246 e. The molecule has 1 unspecified atom stereocenters. The van der Waals surface area contributed by atoms with Gasteiger partial charge in [0.05, 0.1) is 11.8 Å². The first kappa shape index (κ1) is 16.2. The average molecular weight is 313 g/mol. The van der Waals surface area contributed by atoms with Crippen molar-refractivity contribution in [2.45, 2.75) is 37.7 Å². The fraction of sp³-hybridized carbons (Fsp3) is 0.643. The van der Waals surface area contributed by atoms with Gasteiger partial charge < -0.3 is 10.1 Å². The van der Waals surface area contributed by atoms with Crippen molar-refractivity contribution in [3.63, 3.8) is 0 Å². The van der Waals surface area contributed by atoms with E-state index < -0.39 is 10.0 Å². The zero-order chi connectivity index (χ0) is 15.3. The Morgan fingerprint density at radius 2 is 2.29 bits per heavy atom. The first-order valence-corrected chi connectivity index (χ1v) is 8.83. The Morgan fingerprint density at radius 1 is 1.48 bits per heavy atom. The highest BCUT2D eigenvalue weighted by atomic mass is 32.2. The first-order valence-electron chi connectivity index (χ1n) is 7.39. The molecule has 1 aliphatic heterocycles. The van der Waals surface area contributed by atoms with Crippen LogP contribution >= 0.6 is 0 Å². The normalized spacial score (nSPS) is 20.4. The van der Waals surface area contributed by atoms with Crippen LogP contribution in [0.5, 0.6) is 0 Å². The van der Waals surface area contributed by atoms with Gasteiger partial charge in [-0.15, -0.1) is 0 Å². The molecule has 1 fully saturated rings. The third-order valence-electron chi connectivity index (χ3n) is 3.51. The quantitative estimate of drug-likeness (QED) is 0.865. The van der Waals surface area contributed by atoms with E-state index in [1.165, 1.54) is 10.5 Å². The van der Waals surface area contributed by atoms with Gasteiger partial charge >= 0.3 is 0 Å². The lowest BCUT2D eigenvalue weighted by molar-refractivity contribution is 0.0265. The first-order chi connectivity index (χ1) is 10.1. The van der Waals surface area contributed by atoms with E-state index in [9.17, 15) is 8.42 Å². The summed E-state index contributed by atoms with van der Waals surface area (Å²) in [5, 5.41) is 3.08. The summed E-state index contributed by atoms with van der Waals surface area (Å²) in [4.78, 5) is 4.21. The zero-order valence-electron chi connectivity index (χ0n) is 12.6. The molecule has 1 N–H and O–H groups in total. The maximum atomic E-state index is 12.8. The van der Waals surface area contributed by atoms with Gasteiger partial charge in [-0.05, 0) is 32.8 Å². The van der Waals surface area contributed by atoms with Crippen molar-refractivity contribution >= 4 is 15.7 Å². The van der Waals surface area contributed by atoms with Crippen molar-refractivity contribution in [2.75, 3.05) is 31.6 Å². The van der Waals surface area contributed by atoms with E-state index in [-0.39, 0.29) is 11.0 Å². The van der Waals surface area contributed by atoms with Gasteiger partial charge in [0.15, 0.2) is 0 Å². The summed E-state index contributed by atoms with van der Waals surface area (Å²) in [7, 11) is -3.54. The summed E-state index contributed by atoms with van der Waals surface area (Å²) in [6, 6.07) is 1.69. The van der Waals surface area contributed by atoms with Crippen LogP contribution in [0.4, 0.5) is 5.69 Å². The summed E-state index contributed by atoms with van der Waals surface area (Å²) >= 11 is 0. The molecule has 2 heterocycles. The topological polar surface area (TPSA) is 71.5 Å². The van der Waals surface area contributed by atoms with Crippen LogP contribution in [0.2, 0.25) is 0 Å². The minimum Gasteiger partial charge on any atom is -0.384 e. The predicted octanol–water partition coefficient (Wildman–Crippen LogP) is 1.70. The van der Waals surface area contributed by atoms with Crippen molar-refractivity contribution < 1.29 is 13.2 Å². The maximum absolute atomic E-state index is 12.8. The highest BCUT2D eigenvalue weighted by molar-refractivity contribution is 7.89. The molecule has 1 aromatic heterocycles. The molecule has 1 atom stereocenters. The molecule has 0 spiro atoms. The molecular formula is C14H23N3O3S. The number of ether oxygens (including phenoxy) is 1. The van der Waals surface area contributed by atoms with E-state index in [2.05, 4.69) is 10.3 Å². The second-order valence-corrected chi connectivity index (χ2v) is 6.89. The molecule has 21 heavy (non-hydrogen) atoms. The lowest BCUT2D eigenvalue weighted by Gasteiger charge is -2.32. The second kappa shape index (κ2) is 7.20. The number of sulfonamides is 1. The standard InChI is InChI=1S/C14H23N3O3S/c1-3-16-13-7-8-15-10-14(13)21(18,19)17-9-5-6-12(11-17)20-4-2/h7-8,10,12H,3-6,9,11H2,1-2H3,(H,15,16). The molecule has 0 aromatic carbocycles. The van der Waals surface area contributed by atoms with Crippen LogP contribution in [0.25, 0.3) is 0 Å². The lowest BCUT2D eigenvalue weighted by atomic mass is 10.1. The van der Waals surface area contributed by atoms with Crippen molar-refractivity contribution in [1.29, 1.82) is 0 Å². The van der Waals surface area contributed by atoms with Gasteiger partial charge in [-0.25, -0.2) is 8.42 Å². The maximum Gasteiger partial charge on any atom is 0.246 e. The van der Waals surface area contributed by atoms with Gasteiger partial charge in [0.1, 0.15) is 4.90 Å². The van der Waals surface area contributed by atoms with E-state index >= 15 is 0 Å². The van der Waals surface area contributed by atoms with Crippen LogP contribution in [0.3, 0.4) is 0 Å². The molecule has 1 aliphatic rings. The SMILES string of the molecule is CCNc1ccncc1S(=O)(=O)N1CCCC(OCC)C1. The Bertz CT molecular complexity index is 560. The number of aromatic nitrogens is 1. The molecular weight excluding hydrogens is 290 g/mol. The van der Waals surface area contributed by atoms with Gasteiger partial charge in [-0.3, -0.25) is 4.98 Å². The van der Waals surface area contributed by atoms with Crippen molar-refractivity contribution in [3.8, 4) is 0 Å². The third-order valence-corrected chi connectivity index (χ3v) is 5.41. The third kappa shape index (κ3) is 3.72. The van der Waals surface area contributed by atoms with E-state index in [1.807, 2.05) is 13.8 Å². The van der Waals surface area contributed by atoms with E-state index in [0.717, 1.165) is 12.8 Å². The molecule has 0 saturated carbocycles. The minimum absolute atomic E-state index is 0.0159. The van der Waals surface area contributed by atoms with E-state index in [4.69, 9.17) is 4.74 Å². The zero-order valence-corrected chi connectivity index (χ0v) is 13.4. The minimum atomic E-state index is -3.54. The fourth-order valence-corrected chi connectivity index (χ4v) is 4.18. The molecule has 0 radical (unpaired) electrons. The fourth-order valence-electron chi connectivity index (χ4n) is 2.56. The van der Waals surface area contributed by atoms with Crippen molar-refractivity contribution in [1.82, 2.24) is 9.29 Å². The number of piperidine rings is 1. The van der Waals surface area contributed by atoms with E-state index in [1.54, 1.807) is 12.3 Å². The Kier molecular flexibility index (Phi) is 5.55. The molecule has 1 saturated heterocycles. The lowest BCUT2D eigenvalue weighted by Crippen LogP contribution is -2.43. The largest absolute Gasteiger partial charge is 0.384 e. The summed E-state index contributed by atoms with van der Waals surface area (Å²) in [6.45, 7) is 6.08. The van der Waals surface area contributed by atoms with Gasteiger partial charge in [0.25, 0.3) is 0 Å². The Labute approximate surface area is 126 Å². The average Bonchev–Trinajstić information content (AvgIpc) is 2.49. The Balaban J connectivity index is 2.25. The summed E-state index contributed by atoms with van der Waals surface area (Å²) in [5.41, 5.74) is 0.603. The summed E-state index contributed by atoms with van der Waals surface area (Å²) < 4.78 is 32.7. The molecule has 0 bridgehead atoms. The molecule has 0 amide bonds. The summed E-state index contributed by atoms with van der Waals surface area (Å²) in [6.07, 6.45) is 4.72. The second-order valence-electron chi connectivity index (χ2n) is 4.98. The monoisotopic (exact) mass is 313 g/mol. The number of rotatable bonds is 6. The molecule has 0 aliphatic carbocycles. The number of nitrogens with zero attached hydrogens (tertiary/aromatic N) is 2. The number of nitrogens with one attached hydrogen (secondary N) is 1. The number of hydrogen-bond donors (Lipinski definition) is 1. The van der Waals surface area contributed by atoms with Crippen LogP contribution in [0, 0.1) is 0 Å². The van der Waals surface area contributed by atoms with Gasteiger partial charge in [-0.1, -0.05) is 0 Å². The Morgan fingerprint density at radius 3 is 3.00 bits per heavy atom. The highest BCUT2D eigenvalue weighted by Crippen LogP contribution is 2.26. The van der Waals surface area contributed by atoms with Crippen molar-refractivity contribution in [3.05, 3.63) is 18.5 Å². The van der Waals surface area contributed by atoms with Crippen LogP contribution in [-0.4, -0.2) is 50.1 Å². The molecule has 1 aromatic rings. The van der Waals surface area contributed by atoms with Gasteiger partial charge in [-0.2, -0.15) is 4.31 Å². The predicted molar refractivity (Wildman–Crippen MR) is 81.8 cm³/mol. The van der Waals surface area contributed by atoms with Crippen LogP contribution in [0.15, 0.2) is 23.4 Å². The number of pyridine rings is 1. The number of hydrogen-bond acceptors (Lipinski definition) is 5. The van der Waals surface area contributed by atoms with Crippen LogP contribution in [-0.2, 0) is 14.8 Å². The van der Waals surface area contributed by atoms with Crippen LogP contribution in [0.1, 0.15) is 26.7 Å². The van der Waals surface area contributed by atoms with Gasteiger partial charge in [0.2, 0.25) is 10.0 Å². The van der Waals surface area contributed by atoms with Crippen LogP contribution < -0.4 is 5.32 Å².